The van der Waals surface area contributed by atoms with E-state index in [1.165, 1.54) is 12.1 Å². The normalized spacial score (nSPS) is 19.0. The summed E-state index contributed by atoms with van der Waals surface area (Å²) in [5.74, 6) is 1.20. The van der Waals surface area contributed by atoms with Crippen molar-refractivity contribution in [3.63, 3.8) is 0 Å². The molecular weight excluding hydrogens is 305 g/mol. The number of nitrogens with two attached hydrogens (primary N) is 1. The molecule has 0 aromatic heterocycles. The summed E-state index contributed by atoms with van der Waals surface area (Å²) in [4.78, 5) is 13.9. The molecule has 0 unspecified atom stereocenters. The monoisotopic (exact) mass is 315 g/mol. The van der Waals surface area contributed by atoms with Gasteiger partial charge in [0.1, 0.15) is 6.04 Å². The third-order valence-corrected chi connectivity index (χ3v) is 4.51. The maximum atomic E-state index is 12.4. The quantitative estimate of drug-likeness (QED) is 0.809. The number of hydrogen-bond acceptors (Lipinski definition) is 4. The molecule has 1 aromatic rings. The Balaban J connectivity index is 2.31. The van der Waals surface area contributed by atoms with Crippen LogP contribution in [0.2, 0.25) is 10.0 Å². The van der Waals surface area contributed by atoms with E-state index in [4.69, 9.17) is 34.2 Å². The Morgan fingerprint density at radius 2 is 2.11 bits per heavy atom. The average molecular weight is 316 g/mol. The lowest BCUT2D eigenvalue weighted by Crippen LogP contribution is -2.45. The summed E-state index contributed by atoms with van der Waals surface area (Å²) < 4.78 is 0. The number of hydrogen-bond donors (Lipinski definition) is 1. The molecule has 1 aliphatic rings. The minimum Gasteiger partial charge on any atom is -0.396 e. The highest BCUT2D eigenvalue weighted by atomic mass is 35.5. The molecule has 100 valence electrons. The van der Waals surface area contributed by atoms with Gasteiger partial charge in [-0.25, -0.2) is 0 Å². The van der Waals surface area contributed by atoms with Crippen molar-refractivity contribution >= 4 is 46.6 Å². The fourth-order valence-electron chi connectivity index (χ4n) is 1.83. The van der Waals surface area contributed by atoms with Crippen LogP contribution in [0.1, 0.15) is 10.4 Å². The van der Waals surface area contributed by atoms with Gasteiger partial charge in [-0.05, 0) is 12.1 Å². The van der Waals surface area contributed by atoms with Crippen molar-refractivity contribution in [3.8, 4) is 6.07 Å². The number of halogens is 2. The van der Waals surface area contributed by atoms with Gasteiger partial charge in [-0.15, -0.1) is 0 Å². The molecule has 1 aliphatic heterocycles. The van der Waals surface area contributed by atoms with E-state index in [9.17, 15) is 4.79 Å². The lowest BCUT2D eigenvalue weighted by Gasteiger charge is -2.31. The first kappa shape index (κ1) is 14.3. The first-order chi connectivity index (χ1) is 9.04. The Kier molecular flexibility index (Phi) is 4.46. The molecule has 0 aliphatic carbocycles. The van der Waals surface area contributed by atoms with Gasteiger partial charge >= 0.3 is 0 Å². The molecular formula is C12H11Cl2N3OS. The van der Waals surface area contributed by atoms with Crippen LogP contribution in [0.4, 0.5) is 5.69 Å². The number of benzene rings is 1. The molecule has 19 heavy (non-hydrogen) atoms. The molecule has 0 saturated carbocycles. The maximum Gasteiger partial charge on any atom is 0.255 e. The highest BCUT2D eigenvalue weighted by Gasteiger charge is 2.28. The summed E-state index contributed by atoms with van der Waals surface area (Å²) in [6, 6.07) is 4.70. The Hall–Kier alpha value is -1.09. The van der Waals surface area contributed by atoms with Gasteiger partial charge in [-0.1, -0.05) is 23.2 Å². The van der Waals surface area contributed by atoms with E-state index < -0.39 is 6.04 Å². The lowest BCUT2D eigenvalue weighted by atomic mass is 10.1. The van der Waals surface area contributed by atoms with Crippen LogP contribution in [0.25, 0.3) is 0 Å². The van der Waals surface area contributed by atoms with Gasteiger partial charge in [0.2, 0.25) is 0 Å². The van der Waals surface area contributed by atoms with E-state index >= 15 is 0 Å². The fraction of sp³-hybridized carbons (Fsp3) is 0.333. The van der Waals surface area contributed by atoms with Gasteiger partial charge in [0, 0.05) is 23.6 Å². The van der Waals surface area contributed by atoms with Crippen molar-refractivity contribution in [2.45, 2.75) is 6.04 Å². The second-order valence-corrected chi connectivity index (χ2v) is 6.04. The topological polar surface area (TPSA) is 70.1 Å². The summed E-state index contributed by atoms with van der Waals surface area (Å²) >= 11 is 13.5. The van der Waals surface area contributed by atoms with Gasteiger partial charge in [0.25, 0.3) is 5.91 Å². The van der Waals surface area contributed by atoms with Crippen LogP contribution in [0, 0.1) is 11.3 Å². The smallest absolute Gasteiger partial charge is 0.255 e. The third kappa shape index (κ3) is 2.92. The number of amides is 1. The fourth-order valence-corrected chi connectivity index (χ4v) is 3.28. The largest absolute Gasteiger partial charge is 0.396 e. The third-order valence-electron chi connectivity index (χ3n) is 2.86. The van der Waals surface area contributed by atoms with Crippen LogP contribution < -0.4 is 5.73 Å². The molecule has 2 N–H and O–H groups in total. The van der Waals surface area contributed by atoms with Crippen molar-refractivity contribution in [1.82, 2.24) is 4.90 Å². The van der Waals surface area contributed by atoms with Gasteiger partial charge in [0.15, 0.2) is 0 Å². The second-order valence-electron chi connectivity index (χ2n) is 4.07. The molecule has 0 bridgehead atoms. The zero-order valence-electron chi connectivity index (χ0n) is 9.90. The van der Waals surface area contributed by atoms with E-state index in [1.807, 2.05) is 0 Å². The van der Waals surface area contributed by atoms with Gasteiger partial charge in [-0.2, -0.15) is 17.0 Å². The average Bonchev–Trinajstić information content (AvgIpc) is 2.43. The Morgan fingerprint density at radius 3 is 2.68 bits per heavy atom. The van der Waals surface area contributed by atoms with Crippen LogP contribution in [-0.2, 0) is 0 Å². The zero-order valence-corrected chi connectivity index (χ0v) is 12.2. The molecule has 7 heteroatoms. The molecule has 1 saturated heterocycles. The van der Waals surface area contributed by atoms with Gasteiger partial charge in [0.05, 0.1) is 21.8 Å². The molecule has 0 radical (unpaired) electrons. The van der Waals surface area contributed by atoms with E-state index in [-0.39, 0.29) is 21.6 Å². The second kappa shape index (κ2) is 5.91. The van der Waals surface area contributed by atoms with Crippen molar-refractivity contribution in [1.29, 1.82) is 5.26 Å². The predicted molar refractivity (Wildman–Crippen MR) is 78.6 cm³/mol. The number of nitrogens with zero attached hydrogens (tertiary/aromatic N) is 2. The summed E-state index contributed by atoms with van der Waals surface area (Å²) in [5.41, 5.74) is 6.25. The number of nitrogen functional groups attached to an aromatic ring is 1. The minimum absolute atomic E-state index is 0.240. The predicted octanol–water partition coefficient (Wildman–Crippen LogP) is 2.66. The van der Waals surface area contributed by atoms with Crippen LogP contribution in [-0.4, -0.2) is 34.9 Å². The number of carbonyl (C=O) groups is 1. The summed E-state index contributed by atoms with van der Waals surface area (Å²) in [6.45, 7) is 0.543. The summed E-state index contributed by atoms with van der Waals surface area (Å²) in [6.07, 6.45) is 0. The standard InChI is InChI=1S/C12H11Cl2N3OS/c13-9-3-7(4-10(14)11(9)16)12(18)17-1-2-19-6-8(17)5-15/h3-4,8H,1-2,6,16H2/t8-/m1/s1. The SMILES string of the molecule is N#C[C@@H]1CSCCN1C(=O)c1cc(Cl)c(N)c(Cl)c1. The maximum absolute atomic E-state index is 12.4. The van der Waals surface area contributed by atoms with Crippen molar-refractivity contribution in [3.05, 3.63) is 27.7 Å². The molecule has 1 amide bonds. The Morgan fingerprint density at radius 1 is 1.47 bits per heavy atom. The Bertz CT molecular complexity index is 535. The highest BCUT2D eigenvalue weighted by Crippen LogP contribution is 2.30. The minimum atomic E-state index is -0.415. The van der Waals surface area contributed by atoms with Gasteiger partial charge < -0.3 is 10.6 Å². The summed E-state index contributed by atoms with van der Waals surface area (Å²) in [7, 11) is 0. The van der Waals surface area contributed by atoms with Crippen molar-refractivity contribution < 1.29 is 4.79 Å². The molecule has 1 heterocycles. The van der Waals surface area contributed by atoms with E-state index in [2.05, 4.69) is 6.07 Å². The molecule has 1 aromatic carbocycles. The van der Waals surface area contributed by atoms with E-state index in [0.717, 1.165) is 5.75 Å². The molecule has 1 fully saturated rings. The molecule has 0 spiro atoms. The molecule has 1 atom stereocenters. The first-order valence-corrected chi connectivity index (χ1v) is 7.48. The highest BCUT2D eigenvalue weighted by molar-refractivity contribution is 7.99. The molecule has 4 nitrogen and oxygen atoms in total. The number of anilines is 1. The zero-order chi connectivity index (χ0) is 14.0. The number of nitriles is 1. The van der Waals surface area contributed by atoms with Crippen LogP contribution in [0.5, 0.6) is 0 Å². The van der Waals surface area contributed by atoms with Crippen LogP contribution in [0.3, 0.4) is 0 Å². The lowest BCUT2D eigenvalue weighted by molar-refractivity contribution is 0.0737. The van der Waals surface area contributed by atoms with Crippen LogP contribution >= 0.6 is 35.0 Å². The number of rotatable bonds is 1. The molecule has 2 rings (SSSR count). The first-order valence-electron chi connectivity index (χ1n) is 5.57. The van der Waals surface area contributed by atoms with Gasteiger partial charge in [-0.3, -0.25) is 4.79 Å². The van der Waals surface area contributed by atoms with Crippen molar-refractivity contribution in [2.75, 3.05) is 23.8 Å². The van der Waals surface area contributed by atoms with Crippen LogP contribution in [0.15, 0.2) is 12.1 Å². The van der Waals surface area contributed by atoms with Crippen molar-refractivity contribution in [2.24, 2.45) is 0 Å². The number of thioether (sulfide) groups is 1. The number of carbonyl (C=O) groups excluding carboxylic acids is 1. The Labute approximate surface area is 125 Å². The summed E-state index contributed by atoms with van der Waals surface area (Å²) in [5, 5.41) is 9.57. The van der Waals surface area contributed by atoms with E-state index in [1.54, 1.807) is 16.7 Å². The van der Waals surface area contributed by atoms with E-state index in [0.29, 0.717) is 17.9 Å².